The number of amidine groups is 1. The third-order valence-corrected chi connectivity index (χ3v) is 3.60. The van der Waals surface area contributed by atoms with E-state index >= 15 is 0 Å². The van der Waals surface area contributed by atoms with Gasteiger partial charge in [0.05, 0.1) is 6.54 Å². The number of hydrogen-bond donors (Lipinski definition) is 3. The summed E-state index contributed by atoms with van der Waals surface area (Å²) >= 11 is 0. The molecule has 1 fully saturated rings. The molecule has 8 heteroatoms. The van der Waals surface area contributed by atoms with Gasteiger partial charge in [-0.05, 0) is 18.8 Å². The Morgan fingerprint density at radius 1 is 1.74 bits per heavy atom. The predicted molar refractivity (Wildman–Crippen MR) is 67.1 cm³/mol. The molecule has 8 nitrogen and oxygen atoms in total. The molecule has 1 aromatic rings. The van der Waals surface area contributed by atoms with E-state index in [2.05, 4.69) is 20.3 Å². The van der Waals surface area contributed by atoms with Crippen molar-refractivity contribution in [3.05, 3.63) is 12.2 Å². The van der Waals surface area contributed by atoms with Crippen molar-refractivity contribution < 1.29 is 10.0 Å². The first-order valence-electron chi connectivity index (χ1n) is 6.07. The van der Waals surface area contributed by atoms with Gasteiger partial charge < -0.3 is 15.8 Å². The smallest absolute Gasteiger partial charge is 0.236 e. The first-order valence-corrected chi connectivity index (χ1v) is 6.07. The Bertz CT molecular complexity index is 477. The zero-order valence-corrected chi connectivity index (χ0v) is 11.0. The van der Waals surface area contributed by atoms with Crippen molar-refractivity contribution in [1.29, 1.82) is 0 Å². The molecule has 0 saturated heterocycles. The molecule has 0 aromatic carbocycles. The molecule has 1 amide bonds. The lowest BCUT2D eigenvalue weighted by Gasteiger charge is -2.45. The summed E-state index contributed by atoms with van der Waals surface area (Å²) in [5.74, 6) is 0.818. The van der Waals surface area contributed by atoms with Gasteiger partial charge in [0.1, 0.15) is 17.6 Å². The standard InChI is InChI=1S/C11H18N6O2/c1-7-3-11(4-7,9(12)16-19)10(18)17(2)5-8-13-6-14-15-8/h6-7,19H,3-5H2,1-2H3,(H2,12,16)(H,13,14,15). The summed E-state index contributed by atoms with van der Waals surface area (Å²) in [7, 11) is 1.67. The largest absolute Gasteiger partial charge is 0.409 e. The van der Waals surface area contributed by atoms with Crippen LogP contribution in [0.25, 0.3) is 0 Å². The fourth-order valence-corrected chi connectivity index (χ4v) is 2.69. The lowest BCUT2D eigenvalue weighted by Crippen LogP contribution is -2.56. The summed E-state index contributed by atoms with van der Waals surface area (Å²) in [6.07, 6.45) is 2.59. The minimum Gasteiger partial charge on any atom is -0.409 e. The highest BCUT2D eigenvalue weighted by molar-refractivity contribution is 6.07. The number of carbonyl (C=O) groups excluding carboxylic acids is 1. The maximum atomic E-state index is 12.5. The second-order valence-electron chi connectivity index (χ2n) is 5.17. The van der Waals surface area contributed by atoms with Crippen molar-refractivity contribution in [2.75, 3.05) is 7.05 Å². The molecule has 0 atom stereocenters. The van der Waals surface area contributed by atoms with Gasteiger partial charge in [-0.3, -0.25) is 9.89 Å². The molecular weight excluding hydrogens is 248 g/mol. The second-order valence-corrected chi connectivity index (χ2v) is 5.17. The van der Waals surface area contributed by atoms with Crippen LogP contribution in [0.2, 0.25) is 0 Å². The van der Waals surface area contributed by atoms with E-state index in [0.717, 1.165) is 0 Å². The van der Waals surface area contributed by atoms with E-state index in [4.69, 9.17) is 10.9 Å². The molecular formula is C11H18N6O2. The molecule has 0 unspecified atom stereocenters. The summed E-state index contributed by atoms with van der Waals surface area (Å²) in [5, 5.41) is 18.3. The van der Waals surface area contributed by atoms with Gasteiger partial charge in [-0.2, -0.15) is 5.10 Å². The van der Waals surface area contributed by atoms with Gasteiger partial charge in [-0.1, -0.05) is 12.1 Å². The monoisotopic (exact) mass is 266 g/mol. The zero-order chi connectivity index (χ0) is 14.0. The van der Waals surface area contributed by atoms with Crippen molar-refractivity contribution >= 4 is 11.7 Å². The number of aromatic amines is 1. The Morgan fingerprint density at radius 2 is 2.42 bits per heavy atom. The molecule has 0 spiro atoms. The Kier molecular flexibility index (Phi) is 3.41. The summed E-state index contributed by atoms with van der Waals surface area (Å²) in [4.78, 5) is 18.0. The van der Waals surface area contributed by atoms with E-state index in [0.29, 0.717) is 31.1 Å². The number of rotatable bonds is 4. The Balaban J connectivity index is 2.12. The molecule has 1 saturated carbocycles. The Morgan fingerprint density at radius 3 is 2.89 bits per heavy atom. The van der Waals surface area contributed by atoms with E-state index in [-0.39, 0.29) is 11.7 Å². The van der Waals surface area contributed by atoms with E-state index < -0.39 is 5.41 Å². The molecule has 1 aliphatic rings. The number of amides is 1. The third kappa shape index (κ3) is 2.25. The van der Waals surface area contributed by atoms with E-state index in [1.807, 2.05) is 6.92 Å². The summed E-state index contributed by atoms with van der Waals surface area (Å²) in [5.41, 5.74) is 4.83. The molecule has 104 valence electrons. The summed E-state index contributed by atoms with van der Waals surface area (Å²) in [6, 6.07) is 0. The number of H-pyrrole nitrogens is 1. The Labute approximate surface area is 110 Å². The van der Waals surface area contributed by atoms with Crippen LogP contribution >= 0.6 is 0 Å². The van der Waals surface area contributed by atoms with Crippen LogP contribution in [-0.4, -0.2) is 44.1 Å². The van der Waals surface area contributed by atoms with Gasteiger partial charge in [0.2, 0.25) is 5.91 Å². The highest BCUT2D eigenvalue weighted by atomic mass is 16.4. The maximum absolute atomic E-state index is 12.5. The third-order valence-electron chi connectivity index (χ3n) is 3.60. The number of hydrogen-bond acceptors (Lipinski definition) is 5. The number of oxime groups is 1. The number of nitrogens with zero attached hydrogens (tertiary/aromatic N) is 4. The maximum Gasteiger partial charge on any atom is 0.236 e. The SMILES string of the molecule is CC1CC(C(=O)N(C)Cc2ncn[nH]2)(C(N)=NO)C1. The number of aromatic nitrogens is 3. The van der Waals surface area contributed by atoms with Crippen LogP contribution in [0.1, 0.15) is 25.6 Å². The quantitative estimate of drug-likeness (QED) is 0.305. The van der Waals surface area contributed by atoms with Crippen LogP contribution in [0.4, 0.5) is 0 Å². The first kappa shape index (κ1) is 13.3. The van der Waals surface area contributed by atoms with Crippen molar-refractivity contribution in [2.24, 2.45) is 22.2 Å². The number of carbonyl (C=O) groups is 1. The van der Waals surface area contributed by atoms with Gasteiger partial charge in [0.25, 0.3) is 0 Å². The molecule has 0 aliphatic heterocycles. The summed E-state index contributed by atoms with van der Waals surface area (Å²) < 4.78 is 0. The normalized spacial score (nSPS) is 26.8. The number of nitrogens with one attached hydrogen (secondary N) is 1. The lowest BCUT2D eigenvalue weighted by atomic mass is 9.61. The van der Waals surface area contributed by atoms with E-state index in [1.165, 1.54) is 11.2 Å². The highest BCUT2D eigenvalue weighted by Crippen LogP contribution is 2.46. The fourth-order valence-electron chi connectivity index (χ4n) is 2.69. The fraction of sp³-hybridized carbons (Fsp3) is 0.636. The van der Waals surface area contributed by atoms with Crippen LogP contribution in [0.3, 0.4) is 0 Å². The molecule has 0 bridgehead atoms. The molecule has 1 aliphatic carbocycles. The van der Waals surface area contributed by atoms with E-state index in [1.54, 1.807) is 7.05 Å². The van der Waals surface area contributed by atoms with Gasteiger partial charge in [0, 0.05) is 7.05 Å². The molecule has 1 heterocycles. The van der Waals surface area contributed by atoms with Crippen molar-refractivity contribution in [3.63, 3.8) is 0 Å². The molecule has 1 aromatic heterocycles. The summed E-state index contributed by atoms with van der Waals surface area (Å²) in [6.45, 7) is 2.35. The van der Waals surface area contributed by atoms with Crippen LogP contribution in [0.15, 0.2) is 11.5 Å². The van der Waals surface area contributed by atoms with Crippen molar-refractivity contribution in [1.82, 2.24) is 20.1 Å². The van der Waals surface area contributed by atoms with Crippen molar-refractivity contribution in [3.8, 4) is 0 Å². The van der Waals surface area contributed by atoms with E-state index in [9.17, 15) is 4.79 Å². The average molecular weight is 266 g/mol. The molecule has 0 radical (unpaired) electrons. The van der Waals surface area contributed by atoms with Gasteiger partial charge >= 0.3 is 0 Å². The van der Waals surface area contributed by atoms with Crippen LogP contribution in [0, 0.1) is 11.3 Å². The topological polar surface area (TPSA) is 120 Å². The average Bonchev–Trinajstić information content (AvgIpc) is 2.85. The van der Waals surface area contributed by atoms with Gasteiger partial charge in [0.15, 0.2) is 5.84 Å². The minimum atomic E-state index is -0.872. The molecule has 4 N–H and O–H groups in total. The van der Waals surface area contributed by atoms with Crippen LogP contribution < -0.4 is 5.73 Å². The van der Waals surface area contributed by atoms with Crippen LogP contribution in [0.5, 0.6) is 0 Å². The van der Waals surface area contributed by atoms with Crippen molar-refractivity contribution in [2.45, 2.75) is 26.3 Å². The minimum absolute atomic E-state index is 0.0139. The zero-order valence-electron chi connectivity index (χ0n) is 11.0. The van der Waals surface area contributed by atoms with Gasteiger partial charge in [-0.25, -0.2) is 4.98 Å². The lowest BCUT2D eigenvalue weighted by molar-refractivity contribution is -0.143. The molecule has 19 heavy (non-hydrogen) atoms. The van der Waals surface area contributed by atoms with Gasteiger partial charge in [-0.15, -0.1) is 0 Å². The van der Waals surface area contributed by atoms with Crippen LogP contribution in [-0.2, 0) is 11.3 Å². The molecule has 2 rings (SSSR count). The predicted octanol–water partition coefficient (Wildman–Crippen LogP) is -0.0742. The second kappa shape index (κ2) is 4.87. The number of nitrogens with two attached hydrogens (primary N) is 1. The highest BCUT2D eigenvalue weighted by Gasteiger charge is 2.53. The Hall–Kier alpha value is -2.12. The first-order chi connectivity index (χ1) is 8.99.